The van der Waals surface area contributed by atoms with Crippen LogP contribution in [0.1, 0.15) is 36.5 Å². The van der Waals surface area contributed by atoms with Gasteiger partial charge in [0.05, 0.1) is 26.4 Å². The lowest BCUT2D eigenvalue weighted by atomic mass is 9.72. The minimum absolute atomic E-state index is 0.000799. The normalized spacial score (nSPS) is 18.8. The van der Waals surface area contributed by atoms with Crippen LogP contribution in [0.3, 0.4) is 0 Å². The second-order valence-electron chi connectivity index (χ2n) is 11.6. The van der Waals surface area contributed by atoms with E-state index in [1.165, 1.54) is 16.7 Å². The summed E-state index contributed by atoms with van der Waals surface area (Å²) >= 11 is 0. The third kappa shape index (κ3) is 7.27. The molecule has 1 fully saturated rings. The first-order valence-corrected chi connectivity index (χ1v) is 14.9. The first-order valence-electron chi connectivity index (χ1n) is 14.9. The molecule has 1 aliphatic rings. The Bertz CT molecular complexity index is 1470. The Hall–Kier alpha value is -4.13. The zero-order valence-electron chi connectivity index (χ0n) is 25.2. The summed E-state index contributed by atoms with van der Waals surface area (Å²) in [6.45, 7) is 5.67. The monoisotopic (exact) mass is 579 g/mol. The molecule has 0 aliphatic carbocycles. The van der Waals surface area contributed by atoms with E-state index >= 15 is 0 Å². The van der Waals surface area contributed by atoms with Gasteiger partial charge in [0, 0.05) is 30.8 Å². The molecule has 43 heavy (non-hydrogen) atoms. The van der Waals surface area contributed by atoms with Crippen LogP contribution in [0.25, 0.3) is 11.1 Å². The van der Waals surface area contributed by atoms with E-state index in [1.54, 1.807) is 14.0 Å². The Balaban J connectivity index is 1.24. The van der Waals surface area contributed by atoms with Crippen molar-refractivity contribution in [3.05, 3.63) is 120 Å². The maximum Gasteiger partial charge on any atom is 0.248 e. The fourth-order valence-electron chi connectivity index (χ4n) is 5.83. The fourth-order valence-corrected chi connectivity index (χ4v) is 5.83. The first kappa shape index (κ1) is 30.3. The summed E-state index contributed by atoms with van der Waals surface area (Å²) in [6.07, 6.45) is 0.133. The Morgan fingerprint density at radius 2 is 1.58 bits per heavy atom. The zero-order valence-corrected chi connectivity index (χ0v) is 25.2. The molecule has 0 radical (unpaired) electrons. The van der Waals surface area contributed by atoms with E-state index in [0.717, 1.165) is 17.5 Å². The molecule has 6 heteroatoms. The van der Waals surface area contributed by atoms with Crippen LogP contribution in [0.4, 0.5) is 0 Å². The first-order chi connectivity index (χ1) is 20.9. The van der Waals surface area contributed by atoms with Crippen LogP contribution < -0.4 is 9.47 Å². The van der Waals surface area contributed by atoms with Crippen molar-refractivity contribution >= 4 is 5.91 Å². The molecule has 224 valence electrons. The molecule has 3 atom stereocenters. The van der Waals surface area contributed by atoms with E-state index in [4.69, 9.17) is 14.2 Å². The largest absolute Gasteiger partial charge is 0.493 e. The second-order valence-corrected chi connectivity index (χ2v) is 11.6. The molecule has 1 aliphatic heterocycles. The molecular formula is C37H41NO5. The summed E-state index contributed by atoms with van der Waals surface area (Å²) in [5.74, 6) is 1.16. The number of aliphatic hydroxyl groups is 1. The highest BCUT2D eigenvalue weighted by Gasteiger charge is 2.48. The molecule has 0 aromatic heterocycles. The Kier molecular flexibility index (Phi) is 9.80. The number of methoxy groups -OCH3 is 1. The highest BCUT2D eigenvalue weighted by atomic mass is 16.5. The van der Waals surface area contributed by atoms with Gasteiger partial charge in [-0.25, -0.2) is 0 Å². The lowest BCUT2D eigenvalue weighted by Gasteiger charge is -2.33. The van der Waals surface area contributed by atoms with Crippen LogP contribution in [0, 0.1) is 5.41 Å². The third-order valence-corrected chi connectivity index (χ3v) is 8.67. The van der Waals surface area contributed by atoms with Gasteiger partial charge in [0.2, 0.25) is 5.91 Å². The number of carbonyl (C=O) groups is 1. The second kappa shape index (κ2) is 13.9. The SMILES string of the molecule is COc1ccc(C2CN(C(=O)COCc3ccccc3)CC2(C)C(C)O)cc1OCCc1ccc(-c2ccccc2)cc1. The molecule has 0 bridgehead atoms. The van der Waals surface area contributed by atoms with Crippen molar-refractivity contribution in [2.75, 3.05) is 33.4 Å². The van der Waals surface area contributed by atoms with Gasteiger partial charge in [0.15, 0.2) is 11.5 Å². The van der Waals surface area contributed by atoms with Crippen molar-refractivity contribution in [1.29, 1.82) is 0 Å². The number of hydrogen-bond acceptors (Lipinski definition) is 5. The highest BCUT2D eigenvalue weighted by Crippen LogP contribution is 2.47. The van der Waals surface area contributed by atoms with Crippen molar-refractivity contribution in [3.63, 3.8) is 0 Å². The van der Waals surface area contributed by atoms with Gasteiger partial charge < -0.3 is 24.2 Å². The van der Waals surface area contributed by atoms with Crippen molar-refractivity contribution in [3.8, 4) is 22.6 Å². The van der Waals surface area contributed by atoms with Crippen LogP contribution in [0.15, 0.2) is 103 Å². The van der Waals surface area contributed by atoms with Crippen LogP contribution >= 0.6 is 0 Å². The fraction of sp³-hybridized carbons (Fsp3) is 0.324. The quantitative estimate of drug-likeness (QED) is 0.207. The maximum absolute atomic E-state index is 13.1. The third-order valence-electron chi connectivity index (χ3n) is 8.67. The van der Waals surface area contributed by atoms with Crippen molar-refractivity contribution in [2.24, 2.45) is 5.41 Å². The summed E-state index contributed by atoms with van der Waals surface area (Å²) in [5, 5.41) is 10.9. The highest BCUT2D eigenvalue weighted by molar-refractivity contribution is 5.78. The van der Waals surface area contributed by atoms with Gasteiger partial charge in [0.25, 0.3) is 0 Å². The van der Waals surface area contributed by atoms with Crippen LogP contribution in [0.5, 0.6) is 11.5 Å². The molecule has 3 unspecified atom stereocenters. The van der Waals surface area contributed by atoms with E-state index < -0.39 is 11.5 Å². The van der Waals surface area contributed by atoms with Gasteiger partial charge in [-0.2, -0.15) is 0 Å². The number of nitrogens with zero attached hydrogens (tertiary/aromatic N) is 1. The van der Waals surface area contributed by atoms with Crippen molar-refractivity contribution in [1.82, 2.24) is 4.90 Å². The minimum atomic E-state index is -0.620. The van der Waals surface area contributed by atoms with Crippen LogP contribution in [0.2, 0.25) is 0 Å². The summed E-state index contributed by atoms with van der Waals surface area (Å²) in [6, 6.07) is 34.6. The molecule has 1 saturated heterocycles. The Labute approximate surface area is 254 Å². The van der Waals surface area contributed by atoms with Gasteiger partial charge in [0.1, 0.15) is 6.61 Å². The maximum atomic E-state index is 13.1. The smallest absolute Gasteiger partial charge is 0.248 e. The Morgan fingerprint density at radius 3 is 2.26 bits per heavy atom. The number of hydrogen-bond donors (Lipinski definition) is 1. The molecule has 0 saturated carbocycles. The number of benzene rings is 4. The number of amides is 1. The van der Waals surface area contributed by atoms with E-state index in [2.05, 4.69) is 36.4 Å². The van der Waals surface area contributed by atoms with E-state index in [9.17, 15) is 9.90 Å². The molecule has 6 nitrogen and oxygen atoms in total. The molecule has 4 aromatic carbocycles. The predicted octanol–water partition coefficient (Wildman–Crippen LogP) is 6.51. The number of aliphatic hydroxyl groups excluding tert-OH is 1. The lowest BCUT2D eigenvalue weighted by Crippen LogP contribution is -2.38. The number of rotatable bonds is 12. The molecule has 1 amide bonds. The zero-order chi connectivity index (χ0) is 30.2. The molecule has 5 rings (SSSR count). The average molecular weight is 580 g/mol. The van der Waals surface area contributed by atoms with Gasteiger partial charge in [-0.15, -0.1) is 0 Å². The van der Waals surface area contributed by atoms with Gasteiger partial charge in [-0.3, -0.25) is 4.79 Å². The summed E-state index contributed by atoms with van der Waals surface area (Å²) in [4.78, 5) is 15.0. The Morgan fingerprint density at radius 1 is 0.907 bits per heavy atom. The number of carbonyl (C=O) groups excluding carboxylic acids is 1. The van der Waals surface area contributed by atoms with Gasteiger partial charge in [-0.05, 0) is 46.9 Å². The average Bonchev–Trinajstić information content (AvgIpc) is 3.41. The van der Waals surface area contributed by atoms with Crippen LogP contribution in [-0.4, -0.2) is 55.4 Å². The van der Waals surface area contributed by atoms with Crippen molar-refractivity contribution in [2.45, 2.75) is 38.9 Å². The lowest BCUT2D eigenvalue weighted by molar-refractivity contribution is -0.136. The van der Waals surface area contributed by atoms with E-state index in [0.29, 0.717) is 37.8 Å². The topological polar surface area (TPSA) is 68.2 Å². The molecule has 1 N–H and O–H groups in total. The molecule has 0 spiro atoms. The molecule has 4 aromatic rings. The molecule has 1 heterocycles. The molecular weight excluding hydrogens is 538 g/mol. The number of ether oxygens (including phenoxy) is 3. The van der Waals surface area contributed by atoms with E-state index in [-0.39, 0.29) is 18.4 Å². The summed E-state index contributed by atoms with van der Waals surface area (Å²) < 4.78 is 17.6. The van der Waals surface area contributed by atoms with Crippen molar-refractivity contribution < 1.29 is 24.1 Å². The summed E-state index contributed by atoms with van der Waals surface area (Å²) in [7, 11) is 1.63. The van der Waals surface area contributed by atoms with Crippen LogP contribution in [-0.2, 0) is 22.6 Å². The number of likely N-dealkylation sites (tertiary alicyclic amines) is 1. The summed E-state index contributed by atoms with van der Waals surface area (Å²) in [5.41, 5.74) is 5.08. The van der Waals surface area contributed by atoms with E-state index in [1.807, 2.05) is 78.6 Å². The van der Waals surface area contributed by atoms with Gasteiger partial charge in [-0.1, -0.05) is 97.9 Å². The minimum Gasteiger partial charge on any atom is -0.493 e. The predicted molar refractivity (Wildman–Crippen MR) is 169 cm³/mol. The standard InChI is InChI=1S/C37H41NO5/c1-27(39)37(2)26-38(36(40)25-42-24-29-10-6-4-7-11-29)23-33(37)32-18-19-34(41-3)35(22-32)43-21-20-28-14-16-31(17-15-28)30-12-8-5-9-13-30/h4-19,22,27,33,39H,20-21,23-26H2,1-3H3. The van der Waals surface area contributed by atoms with Gasteiger partial charge >= 0.3 is 0 Å².